The maximum atomic E-state index is 12.3. The van der Waals surface area contributed by atoms with Crippen molar-refractivity contribution in [1.29, 1.82) is 0 Å². The Morgan fingerprint density at radius 3 is 2.62 bits per heavy atom. The van der Waals surface area contributed by atoms with Crippen molar-refractivity contribution in [2.75, 3.05) is 11.8 Å². The average molecular weight is 304 g/mol. The van der Waals surface area contributed by atoms with E-state index in [1.807, 2.05) is 24.3 Å². The normalized spacial score (nSPS) is 11.5. The largest absolute Gasteiger partial charge is 0.466 e. The Morgan fingerprint density at radius 2 is 1.90 bits per heavy atom. The molecule has 0 bridgehead atoms. The second kappa shape index (κ2) is 5.06. The van der Waals surface area contributed by atoms with E-state index < -0.39 is 10.0 Å². The van der Waals surface area contributed by atoms with Crippen LogP contribution in [0, 0.1) is 0 Å². The predicted molar refractivity (Wildman–Crippen MR) is 77.7 cm³/mol. The van der Waals surface area contributed by atoms with Crippen LogP contribution < -0.4 is 9.46 Å². The smallest absolute Gasteiger partial charge is 0.336 e. The van der Waals surface area contributed by atoms with E-state index in [1.165, 1.54) is 13.2 Å². The second-order valence-electron chi connectivity index (χ2n) is 4.29. The summed E-state index contributed by atoms with van der Waals surface area (Å²) in [6.07, 6.45) is 0. The van der Waals surface area contributed by atoms with E-state index in [9.17, 15) is 8.42 Å². The van der Waals surface area contributed by atoms with Gasteiger partial charge in [0.1, 0.15) is 0 Å². The van der Waals surface area contributed by atoms with Gasteiger partial charge in [0.25, 0.3) is 10.0 Å². The quantitative estimate of drug-likeness (QED) is 0.765. The highest BCUT2D eigenvalue weighted by Gasteiger charge is 2.17. The van der Waals surface area contributed by atoms with Crippen LogP contribution in [0.1, 0.15) is 0 Å². The van der Waals surface area contributed by atoms with E-state index in [2.05, 4.69) is 19.9 Å². The lowest BCUT2D eigenvalue weighted by Gasteiger charge is -2.06. The lowest BCUT2D eigenvalue weighted by Crippen LogP contribution is -2.13. The Kier molecular flexibility index (Phi) is 3.22. The van der Waals surface area contributed by atoms with Crippen molar-refractivity contribution in [3.63, 3.8) is 0 Å². The van der Waals surface area contributed by atoms with Gasteiger partial charge in [-0.1, -0.05) is 30.3 Å². The standard InChI is InChI=1S/C13H12N4O3S/c1-20-13-14-12(15-16-13)17-21(18,19)11-7-6-9-4-2-3-5-10(9)8-11/h2-8H,1H3,(H2,14,15,16,17). The molecule has 0 aliphatic carbocycles. The van der Waals surface area contributed by atoms with Crippen LogP contribution in [0.3, 0.4) is 0 Å². The number of methoxy groups -OCH3 is 1. The third-order valence-electron chi connectivity index (χ3n) is 2.91. The van der Waals surface area contributed by atoms with Gasteiger partial charge in [-0.3, -0.25) is 0 Å². The van der Waals surface area contributed by atoms with Crippen LogP contribution in [0.2, 0.25) is 0 Å². The Labute approximate surface area is 121 Å². The number of hydrogen-bond acceptors (Lipinski definition) is 5. The molecule has 0 spiro atoms. The van der Waals surface area contributed by atoms with Crippen molar-refractivity contribution in [3.05, 3.63) is 42.5 Å². The molecule has 0 unspecified atom stereocenters. The molecule has 0 fully saturated rings. The fourth-order valence-corrected chi connectivity index (χ4v) is 2.90. The predicted octanol–water partition coefficient (Wildman–Crippen LogP) is 1.77. The van der Waals surface area contributed by atoms with Crippen LogP contribution in [0.15, 0.2) is 47.4 Å². The molecule has 2 N–H and O–H groups in total. The highest BCUT2D eigenvalue weighted by atomic mass is 32.2. The Morgan fingerprint density at radius 1 is 1.14 bits per heavy atom. The Hall–Kier alpha value is -2.61. The van der Waals surface area contributed by atoms with E-state index in [1.54, 1.807) is 12.1 Å². The first-order chi connectivity index (χ1) is 10.1. The first kappa shape index (κ1) is 13.4. The van der Waals surface area contributed by atoms with Crippen LogP contribution in [-0.4, -0.2) is 30.7 Å². The van der Waals surface area contributed by atoms with Gasteiger partial charge in [-0.15, -0.1) is 5.10 Å². The monoisotopic (exact) mass is 304 g/mol. The van der Waals surface area contributed by atoms with Crippen LogP contribution in [-0.2, 0) is 10.0 Å². The zero-order valence-corrected chi connectivity index (χ0v) is 11.9. The number of nitrogens with one attached hydrogen (secondary N) is 2. The van der Waals surface area contributed by atoms with Gasteiger partial charge in [0.15, 0.2) is 0 Å². The van der Waals surface area contributed by atoms with Gasteiger partial charge in [0.05, 0.1) is 12.0 Å². The SMILES string of the molecule is COc1n[nH]c(NS(=O)(=O)c2ccc3ccccc3c2)n1. The van der Waals surface area contributed by atoms with Gasteiger partial charge in [-0.25, -0.2) is 18.2 Å². The highest BCUT2D eigenvalue weighted by Crippen LogP contribution is 2.20. The minimum Gasteiger partial charge on any atom is -0.466 e. The summed E-state index contributed by atoms with van der Waals surface area (Å²) >= 11 is 0. The van der Waals surface area contributed by atoms with Crippen LogP contribution in [0.5, 0.6) is 6.01 Å². The van der Waals surface area contributed by atoms with Crippen molar-refractivity contribution in [1.82, 2.24) is 15.2 Å². The summed E-state index contributed by atoms with van der Waals surface area (Å²) in [4.78, 5) is 3.97. The number of anilines is 1. The van der Waals surface area contributed by atoms with Gasteiger partial charge in [-0.2, -0.15) is 4.98 Å². The molecule has 0 saturated carbocycles. The fraction of sp³-hybridized carbons (Fsp3) is 0.0769. The highest BCUT2D eigenvalue weighted by molar-refractivity contribution is 7.92. The number of aromatic amines is 1. The summed E-state index contributed by atoms with van der Waals surface area (Å²) in [5, 5.41) is 7.93. The molecule has 8 heteroatoms. The van der Waals surface area contributed by atoms with E-state index in [0.717, 1.165) is 10.8 Å². The summed E-state index contributed by atoms with van der Waals surface area (Å²) < 4.78 is 31.7. The number of H-pyrrole nitrogens is 1. The number of fused-ring (bicyclic) bond motifs is 1. The van der Waals surface area contributed by atoms with E-state index in [0.29, 0.717) is 0 Å². The molecule has 0 radical (unpaired) electrons. The third-order valence-corrected chi connectivity index (χ3v) is 4.25. The maximum Gasteiger partial charge on any atom is 0.336 e. The number of rotatable bonds is 4. The Balaban J connectivity index is 1.95. The molecule has 0 saturated heterocycles. The molecule has 0 aliphatic rings. The van der Waals surface area contributed by atoms with Crippen molar-refractivity contribution >= 4 is 26.7 Å². The van der Waals surface area contributed by atoms with E-state index in [4.69, 9.17) is 4.74 Å². The molecular weight excluding hydrogens is 292 g/mol. The first-order valence-corrected chi connectivity index (χ1v) is 7.55. The fourth-order valence-electron chi connectivity index (χ4n) is 1.90. The van der Waals surface area contributed by atoms with Gasteiger partial charge < -0.3 is 4.74 Å². The molecule has 3 rings (SSSR count). The molecule has 0 aliphatic heterocycles. The molecule has 2 aromatic carbocycles. The number of benzene rings is 2. The molecule has 0 atom stereocenters. The third kappa shape index (κ3) is 2.65. The first-order valence-electron chi connectivity index (χ1n) is 6.06. The minimum absolute atomic E-state index is 0.00000798. The van der Waals surface area contributed by atoms with Gasteiger partial charge >= 0.3 is 6.01 Å². The molecule has 7 nitrogen and oxygen atoms in total. The van der Waals surface area contributed by atoms with Crippen molar-refractivity contribution in [2.24, 2.45) is 0 Å². The number of ether oxygens (including phenoxy) is 1. The number of aromatic nitrogens is 3. The van der Waals surface area contributed by atoms with Crippen molar-refractivity contribution in [2.45, 2.75) is 4.90 Å². The lowest BCUT2D eigenvalue weighted by molar-refractivity contribution is 0.382. The molecule has 108 valence electrons. The number of nitrogens with zero attached hydrogens (tertiary/aromatic N) is 2. The van der Waals surface area contributed by atoms with Crippen LogP contribution in [0.25, 0.3) is 10.8 Å². The average Bonchev–Trinajstić information content (AvgIpc) is 2.93. The second-order valence-corrected chi connectivity index (χ2v) is 5.97. The Bertz CT molecular complexity index is 889. The number of hydrogen-bond donors (Lipinski definition) is 2. The molecule has 3 aromatic rings. The number of sulfonamides is 1. The van der Waals surface area contributed by atoms with Gasteiger partial charge in [0, 0.05) is 0 Å². The van der Waals surface area contributed by atoms with E-state index in [-0.39, 0.29) is 16.9 Å². The minimum atomic E-state index is -3.74. The summed E-state index contributed by atoms with van der Waals surface area (Å²) in [7, 11) is -2.35. The van der Waals surface area contributed by atoms with E-state index >= 15 is 0 Å². The zero-order chi connectivity index (χ0) is 14.9. The molecule has 0 amide bonds. The lowest BCUT2D eigenvalue weighted by atomic mass is 10.1. The van der Waals surface area contributed by atoms with Gasteiger partial charge in [-0.05, 0) is 22.9 Å². The summed E-state index contributed by atoms with van der Waals surface area (Å²) in [5.74, 6) is 0.00000798. The summed E-state index contributed by atoms with van der Waals surface area (Å²) in [5.41, 5.74) is 0. The van der Waals surface area contributed by atoms with Crippen molar-refractivity contribution < 1.29 is 13.2 Å². The molecular formula is C13H12N4O3S. The zero-order valence-electron chi connectivity index (χ0n) is 11.1. The molecule has 21 heavy (non-hydrogen) atoms. The summed E-state index contributed by atoms with van der Waals surface area (Å²) in [6.45, 7) is 0. The van der Waals surface area contributed by atoms with Crippen LogP contribution >= 0.6 is 0 Å². The molecule has 1 aromatic heterocycles. The summed E-state index contributed by atoms with van der Waals surface area (Å²) in [6, 6.07) is 12.5. The molecule has 1 heterocycles. The van der Waals surface area contributed by atoms with Crippen LogP contribution in [0.4, 0.5) is 5.95 Å². The van der Waals surface area contributed by atoms with Gasteiger partial charge in [0.2, 0.25) is 5.95 Å². The van der Waals surface area contributed by atoms with Crippen molar-refractivity contribution in [3.8, 4) is 6.01 Å². The topological polar surface area (TPSA) is 97.0 Å². The maximum absolute atomic E-state index is 12.3.